The highest BCUT2D eigenvalue weighted by Crippen LogP contribution is 2.40. The van der Waals surface area contributed by atoms with Crippen molar-refractivity contribution < 1.29 is 23.7 Å². The van der Waals surface area contributed by atoms with Crippen LogP contribution in [0.1, 0.15) is 29.6 Å². The van der Waals surface area contributed by atoms with Gasteiger partial charge < -0.3 is 23.8 Å². The zero-order chi connectivity index (χ0) is 15.8. The van der Waals surface area contributed by atoms with Gasteiger partial charge in [0.25, 0.3) is 5.91 Å². The molecule has 2 saturated heterocycles. The Morgan fingerprint density at radius 2 is 2.00 bits per heavy atom. The number of amides is 1. The molecule has 1 aromatic carbocycles. The van der Waals surface area contributed by atoms with E-state index in [0.717, 1.165) is 19.3 Å². The summed E-state index contributed by atoms with van der Waals surface area (Å²) in [5.74, 6) is 0.942. The molecular formula is C16H18ClNO5. The molecule has 1 unspecified atom stereocenters. The number of rotatable bonds is 2. The van der Waals surface area contributed by atoms with E-state index in [1.807, 2.05) is 4.90 Å². The maximum atomic E-state index is 13.0. The van der Waals surface area contributed by atoms with Crippen molar-refractivity contribution in [2.75, 3.05) is 26.6 Å². The van der Waals surface area contributed by atoms with E-state index in [0.29, 0.717) is 41.8 Å². The van der Waals surface area contributed by atoms with Gasteiger partial charge in [-0.05, 0) is 31.4 Å². The van der Waals surface area contributed by atoms with Crippen LogP contribution in [0.15, 0.2) is 12.1 Å². The number of nitrogens with zero attached hydrogens (tertiary/aromatic N) is 1. The molecule has 0 N–H and O–H groups in total. The average Bonchev–Trinajstić information content (AvgIpc) is 3.25. The number of piperidine rings is 1. The Labute approximate surface area is 139 Å². The Morgan fingerprint density at radius 1 is 1.17 bits per heavy atom. The molecule has 1 atom stereocenters. The topological polar surface area (TPSA) is 57.2 Å². The van der Waals surface area contributed by atoms with Gasteiger partial charge in [-0.3, -0.25) is 4.79 Å². The Balaban J connectivity index is 1.60. The summed E-state index contributed by atoms with van der Waals surface area (Å²) in [6.45, 7) is 1.99. The second-order valence-electron chi connectivity index (χ2n) is 5.86. The number of likely N-dealkylation sites (tertiary alicyclic amines) is 1. The van der Waals surface area contributed by atoms with Gasteiger partial charge in [0.2, 0.25) is 6.79 Å². The van der Waals surface area contributed by atoms with Crippen molar-refractivity contribution in [1.29, 1.82) is 0 Å². The van der Waals surface area contributed by atoms with Crippen LogP contribution in [0.3, 0.4) is 0 Å². The highest BCUT2D eigenvalue weighted by molar-refractivity contribution is 6.32. The largest absolute Gasteiger partial charge is 0.454 e. The summed E-state index contributed by atoms with van der Waals surface area (Å²) in [7, 11) is 0. The average molecular weight is 340 g/mol. The first-order chi connectivity index (χ1) is 11.2. The van der Waals surface area contributed by atoms with Gasteiger partial charge in [-0.2, -0.15) is 0 Å². The number of hydrogen-bond acceptors (Lipinski definition) is 5. The molecule has 124 valence electrons. The molecule has 0 aromatic heterocycles. The molecule has 0 bridgehead atoms. The fraction of sp³-hybridized carbons (Fsp3) is 0.562. The van der Waals surface area contributed by atoms with E-state index in [1.54, 1.807) is 12.1 Å². The van der Waals surface area contributed by atoms with E-state index in [2.05, 4.69) is 0 Å². The number of benzene rings is 1. The standard InChI is InChI=1S/C16H18ClNO5/c17-11-7-10(8-13-14(11)23-9-22-13)15(19)18-4-2-1-3-12(18)16-20-5-6-21-16/h7-8,12,16H,1-6,9H2. The summed E-state index contributed by atoms with van der Waals surface area (Å²) in [5.41, 5.74) is 0.504. The van der Waals surface area contributed by atoms with Crippen LogP contribution in [0, 0.1) is 0 Å². The van der Waals surface area contributed by atoms with Crippen LogP contribution in [0.5, 0.6) is 11.5 Å². The third kappa shape index (κ3) is 2.75. The second kappa shape index (κ2) is 6.19. The van der Waals surface area contributed by atoms with E-state index in [-0.39, 0.29) is 25.0 Å². The van der Waals surface area contributed by atoms with Gasteiger partial charge in [0.1, 0.15) is 0 Å². The normalized spacial score (nSPS) is 24.2. The Kier molecular flexibility index (Phi) is 4.05. The van der Waals surface area contributed by atoms with Crippen LogP contribution in [-0.4, -0.2) is 49.7 Å². The number of carbonyl (C=O) groups excluding carboxylic acids is 1. The summed E-state index contributed by atoms with van der Waals surface area (Å²) in [5, 5.41) is 0.394. The Hall–Kier alpha value is -1.50. The number of ether oxygens (including phenoxy) is 4. The molecule has 0 saturated carbocycles. The molecule has 1 aromatic rings. The van der Waals surface area contributed by atoms with E-state index in [4.69, 9.17) is 30.5 Å². The third-order valence-electron chi connectivity index (χ3n) is 4.45. The maximum Gasteiger partial charge on any atom is 0.254 e. The lowest BCUT2D eigenvalue weighted by molar-refractivity contribution is -0.100. The first-order valence-corrected chi connectivity index (χ1v) is 8.25. The summed E-state index contributed by atoms with van der Waals surface area (Å²) in [6.07, 6.45) is 2.60. The minimum Gasteiger partial charge on any atom is -0.454 e. The minimum atomic E-state index is -0.330. The lowest BCUT2D eigenvalue weighted by Crippen LogP contribution is -2.50. The zero-order valence-electron chi connectivity index (χ0n) is 12.6. The summed E-state index contributed by atoms with van der Waals surface area (Å²) < 4.78 is 21.9. The molecule has 0 radical (unpaired) electrons. The summed E-state index contributed by atoms with van der Waals surface area (Å²) >= 11 is 6.20. The third-order valence-corrected chi connectivity index (χ3v) is 4.73. The molecule has 3 aliphatic heterocycles. The molecule has 3 aliphatic rings. The lowest BCUT2D eigenvalue weighted by atomic mass is 10.00. The predicted molar refractivity (Wildman–Crippen MR) is 81.9 cm³/mol. The fourth-order valence-corrected chi connectivity index (χ4v) is 3.61. The van der Waals surface area contributed by atoms with Crippen LogP contribution in [-0.2, 0) is 9.47 Å². The molecule has 2 fully saturated rings. The van der Waals surface area contributed by atoms with Crippen LogP contribution in [0.25, 0.3) is 0 Å². The van der Waals surface area contributed by atoms with E-state index >= 15 is 0 Å². The van der Waals surface area contributed by atoms with Crippen LogP contribution in [0.4, 0.5) is 0 Å². The van der Waals surface area contributed by atoms with E-state index in [1.165, 1.54) is 0 Å². The molecule has 4 rings (SSSR count). The molecule has 0 aliphatic carbocycles. The van der Waals surface area contributed by atoms with Crippen molar-refractivity contribution in [2.24, 2.45) is 0 Å². The molecule has 0 spiro atoms. The first kappa shape index (κ1) is 15.1. The van der Waals surface area contributed by atoms with Crippen LogP contribution < -0.4 is 9.47 Å². The number of hydrogen-bond donors (Lipinski definition) is 0. The first-order valence-electron chi connectivity index (χ1n) is 7.87. The molecule has 1 amide bonds. The number of halogens is 1. The molecule has 7 heteroatoms. The van der Waals surface area contributed by atoms with Gasteiger partial charge in [-0.1, -0.05) is 11.6 Å². The second-order valence-corrected chi connectivity index (χ2v) is 6.27. The zero-order valence-corrected chi connectivity index (χ0v) is 13.4. The number of carbonyl (C=O) groups is 1. The highest BCUT2D eigenvalue weighted by Gasteiger charge is 2.37. The van der Waals surface area contributed by atoms with Gasteiger partial charge in [-0.15, -0.1) is 0 Å². The van der Waals surface area contributed by atoms with Gasteiger partial charge in [-0.25, -0.2) is 0 Å². The molecule has 3 heterocycles. The minimum absolute atomic E-state index is 0.0528. The summed E-state index contributed by atoms with van der Waals surface area (Å²) in [4.78, 5) is 14.8. The van der Waals surface area contributed by atoms with E-state index < -0.39 is 0 Å². The fourth-order valence-electron chi connectivity index (χ4n) is 3.35. The SMILES string of the molecule is O=C(c1cc(Cl)c2c(c1)OCO2)N1CCCCC1C1OCCO1. The molecular weight excluding hydrogens is 322 g/mol. The highest BCUT2D eigenvalue weighted by atomic mass is 35.5. The Bertz CT molecular complexity index is 617. The lowest BCUT2D eigenvalue weighted by Gasteiger charge is -2.38. The Morgan fingerprint density at radius 3 is 2.83 bits per heavy atom. The van der Waals surface area contributed by atoms with Crippen molar-refractivity contribution in [3.8, 4) is 11.5 Å². The van der Waals surface area contributed by atoms with Crippen molar-refractivity contribution >= 4 is 17.5 Å². The van der Waals surface area contributed by atoms with Crippen molar-refractivity contribution in [3.63, 3.8) is 0 Å². The predicted octanol–water partition coefficient (Wildman–Crippen LogP) is 2.44. The maximum absolute atomic E-state index is 13.0. The monoisotopic (exact) mass is 339 g/mol. The van der Waals surface area contributed by atoms with Crippen LogP contribution in [0.2, 0.25) is 5.02 Å². The smallest absolute Gasteiger partial charge is 0.254 e. The molecule has 6 nitrogen and oxygen atoms in total. The van der Waals surface area contributed by atoms with Crippen molar-refractivity contribution in [2.45, 2.75) is 31.6 Å². The van der Waals surface area contributed by atoms with Crippen molar-refractivity contribution in [3.05, 3.63) is 22.7 Å². The van der Waals surface area contributed by atoms with Crippen LogP contribution >= 0.6 is 11.6 Å². The summed E-state index contributed by atoms with van der Waals surface area (Å²) in [6, 6.07) is 3.28. The number of fused-ring (bicyclic) bond motifs is 1. The van der Waals surface area contributed by atoms with Gasteiger partial charge in [0.15, 0.2) is 17.8 Å². The van der Waals surface area contributed by atoms with Gasteiger partial charge in [0, 0.05) is 12.1 Å². The van der Waals surface area contributed by atoms with E-state index in [9.17, 15) is 4.79 Å². The quantitative estimate of drug-likeness (QED) is 0.828. The van der Waals surface area contributed by atoms with Crippen molar-refractivity contribution in [1.82, 2.24) is 4.90 Å². The van der Waals surface area contributed by atoms with Gasteiger partial charge in [0.05, 0.1) is 24.3 Å². The van der Waals surface area contributed by atoms with Gasteiger partial charge >= 0.3 is 0 Å². The molecule has 23 heavy (non-hydrogen) atoms.